The number of fused-ring (bicyclic) bond motifs is 2. The highest BCUT2D eigenvalue weighted by molar-refractivity contribution is 5.98. The number of likely N-dealkylation sites (tertiary alicyclic amines) is 1. The highest BCUT2D eigenvalue weighted by Crippen LogP contribution is 2.65. The summed E-state index contributed by atoms with van der Waals surface area (Å²) in [4.78, 5) is 45.3. The number of ether oxygens (including phenoxy) is 2. The minimum absolute atomic E-state index is 0.00692. The van der Waals surface area contributed by atoms with Crippen LogP contribution in [-0.4, -0.2) is 90.7 Å². The Morgan fingerprint density at radius 2 is 2.08 bits per heavy atom. The Morgan fingerprint density at radius 1 is 1.32 bits per heavy atom. The molecule has 3 unspecified atom stereocenters. The third-order valence-corrected chi connectivity index (χ3v) is 9.05. The molecule has 7 atom stereocenters. The predicted octanol–water partition coefficient (Wildman–Crippen LogP) is 1.91. The fraction of sp³-hybridized carbons (Fsp3) is 0.552. The number of hydrogen-bond donors (Lipinski definition) is 1. The number of aromatic nitrogens is 3. The number of aliphatic hydroxyl groups is 1. The molecule has 214 valence electrons. The first-order valence-electron chi connectivity index (χ1n) is 13.8. The number of esters is 1. The summed E-state index contributed by atoms with van der Waals surface area (Å²) in [6, 6.07) is 5.75. The van der Waals surface area contributed by atoms with Gasteiger partial charge in [0, 0.05) is 6.54 Å². The highest BCUT2D eigenvalue weighted by Gasteiger charge is 2.80. The van der Waals surface area contributed by atoms with E-state index in [1.165, 1.54) is 11.0 Å². The van der Waals surface area contributed by atoms with Gasteiger partial charge in [-0.15, -0.1) is 11.7 Å². The Morgan fingerprint density at radius 3 is 2.75 bits per heavy atom. The Bertz CT molecular complexity index is 1340. The number of para-hydroxylation sites is 1. The second-order valence-corrected chi connectivity index (χ2v) is 11.2. The van der Waals surface area contributed by atoms with Gasteiger partial charge in [-0.2, -0.15) is 0 Å². The Kier molecular flexibility index (Phi) is 7.30. The summed E-state index contributed by atoms with van der Waals surface area (Å²) in [5.74, 6) is -3.23. The molecule has 1 aromatic heterocycles. The minimum atomic E-state index is -1.26. The molecule has 4 heterocycles. The largest absolute Gasteiger partial charge is 0.461 e. The van der Waals surface area contributed by atoms with E-state index in [1.54, 1.807) is 15.7 Å². The molecule has 3 fully saturated rings. The summed E-state index contributed by atoms with van der Waals surface area (Å²) in [5.41, 5.74) is -0.801. The van der Waals surface area contributed by atoms with Gasteiger partial charge in [0.25, 0.3) is 0 Å². The van der Waals surface area contributed by atoms with Gasteiger partial charge in [-0.3, -0.25) is 14.4 Å². The second kappa shape index (κ2) is 10.4. The maximum atomic E-state index is 14.6. The molecule has 0 aliphatic carbocycles. The fourth-order valence-electron chi connectivity index (χ4n) is 7.08. The third-order valence-electron chi connectivity index (χ3n) is 9.05. The number of aliphatic hydroxyl groups excluding tert-OH is 1. The van der Waals surface area contributed by atoms with Crippen LogP contribution in [0.25, 0.3) is 11.0 Å². The van der Waals surface area contributed by atoms with Crippen LogP contribution in [0, 0.1) is 17.8 Å². The van der Waals surface area contributed by atoms with E-state index in [1.807, 2.05) is 45.0 Å². The van der Waals surface area contributed by atoms with E-state index in [0.717, 1.165) is 5.52 Å². The van der Waals surface area contributed by atoms with E-state index in [0.29, 0.717) is 18.4 Å². The first-order chi connectivity index (χ1) is 19.2. The SMILES string of the molecule is C=CCOC(=O)[C@H]1[C@H]2C(=O)N([C@@H](CC)CO)C(C(=O)N(CC=C)Cn3nnc4ccccc43)C23CC(C)[C@]1(C)O3. The molecule has 11 nitrogen and oxygen atoms in total. The van der Waals surface area contributed by atoms with E-state index >= 15 is 0 Å². The minimum Gasteiger partial charge on any atom is -0.461 e. The van der Waals surface area contributed by atoms with E-state index in [9.17, 15) is 19.5 Å². The van der Waals surface area contributed by atoms with Gasteiger partial charge < -0.3 is 24.4 Å². The van der Waals surface area contributed by atoms with Crippen LogP contribution in [0.15, 0.2) is 49.6 Å². The summed E-state index contributed by atoms with van der Waals surface area (Å²) in [6.07, 6.45) is 3.92. The zero-order valence-electron chi connectivity index (χ0n) is 23.2. The average Bonchev–Trinajstić information content (AvgIpc) is 3.61. The first kappa shape index (κ1) is 28.0. The molecule has 11 heteroatoms. The van der Waals surface area contributed by atoms with E-state index < -0.39 is 41.1 Å². The van der Waals surface area contributed by atoms with Crippen LogP contribution >= 0.6 is 0 Å². The maximum absolute atomic E-state index is 14.6. The van der Waals surface area contributed by atoms with E-state index in [-0.39, 0.29) is 44.2 Å². The van der Waals surface area contributed by atoms with Crippen molar-refractivity contribution in [1.29, 1.82) is 0 Å². The van der Waals surface area contributed by atoms with Crippen molar-refractivity contribution in [3.05, 3.63) is 49.6 Å². The lowest BCUT2D eigenvalue weighted by Crippen LogP contribution is -2.59. The zero-order valence-corrected chi connectivity index (χ0v) is 23.2. The second-order valence-electron chi connectivity index (χ2n) is 11.2. The Labute approximate surface area is 233 Å². The van der Waals surface area contributed by atoms with Crippen molar-refractivity contribution in [2.24, 2.45) is 17.8 Å². The van der Waals surface area contributed by atoms with Crippen molar-refractivity contribution in [1.82, 2.24) is 24.8 Å². The Balaban J connectivity index is 1.59. The van der Waals surface area contributed by atoms with Gasteiger partial charge in [-0.25, -0.2) is 4.68 Å². The maximum Gasteiger partial charge on any atom is 0.313 e. The van der Waals surface area contributed by atoms with E-state index in [2.05, 4.69) is 23.5 Å². The van der Waals surface area contributed by atoms with Crippen molar-refractivity contribution < 1.29 is 29.0 Å². The number of hydrogen-bond acceptors (Lipinski definition) is 8. The molecule has 3 aliphatic heterocycles. The lowest BCUT2D eigenvalue weighted by atomic mass is 9.62. The quantitative estimate of drug-likeness (QED) is 0.332. The summed E-state index contributed by atoms with van der Waals surface area (Å²) in [5, 5.41) is 18.7. The molecule has 1 N–H and O–H groups in total. The number of rotatable bonds is 11. The molecular weight excluding hydrogens is 514 g/mol. The summed E-state index contributed by atoms with van der Waals surface area (Å²) < 4.78 is 13.8. The third kappa shape index (κ3) is 3.97. The van der Waals surface area contributed by atoms with Gasteiger partial charge in [0.15, 0.2) is 0 Å². The normalized spacial score (nSPS) is 31.3. The average molecular weight is 552 g/mol. The van der Waals surface area contributed by atoms with Crippen LogP contribution in [0.1, 0.15) is 33.6 Å². The molecule has 40 heavy (non-hydrogen) atoms. The number of carbonyl (C=O) groups excluding carboxylic acids is 3. The standard InChI is InChI=1S/C29H37N5O6/c1-6-13-32(17-33-21-12-10-9-11-20(21)30-31-33)26(37)24-29-15-18(4)28(5,40-29)23(27(38)39-14-7-2)22(29)25(36)34(24)19(8-3)16-35/h6-7,9-12,18-19,22-24,35H,1-2,8,13-17H2,3-5H3/t18?,19-,22-,23+,24?,28-,29?/m0/s1. The topological polar surface area (TPSA) is 127 Å². The van der Waals surface area contributed by atoms with Gasteiger partial charge in [0.05, 0.1) is 29.7 Å². The van der Waals surface area contributed by atoms with Crippen molar-refractivity contribution in [3.63, 3.8) is 0 Å². The van der Waals surface area contributed by atoms with Crippen LogP contribution in [0.3, 0.4) is 0 Å². The van der Waals surface area contributed by atoms with Crippen molar-refractivity contribution in [2.45, 2.75) is 63.6 Å². The number of amides is 2. The highest BCUT2D eigenvalue weighted by atomic mass is 16.6. The molecule has 3 aliphatic rings. The lowest BCUT2D eigenvalue weighted by molar-refractivity contribution is -0.163. The van der Waals surface area contributed by atoms with Crippen LogP contribution < -0.4 is 0 Å². The number of carbonyl (C=O) groups is 3. The van der Waals surface area contributed by atoms with Crippen LogP contribution in [0.2, 0.25) is 0 Å². The molecule has 0 radical (unpaired) electrons. The number of nitrogens with zero attached hydrogens (tertiary/aromatic N) is 5. The predicted molar refractivity (Wildman–Crippen MR) is 145 cm³/mol. The zero-order chi connectivity index (χ0) is 28.8. The molecule has 0 saturated carbocycles. The molecule has 1 spiro atoms. The van der Waals surface area contributed by atoms with Crippen LogP contribution in [0.4, 0.5) is 0 Å². The molecule has 1 aromatic carbocycles. The fourth-order valence-corrected chi connectivity index (χ4v) is 7.08. The van der Waals surface area contributed by atoms with Crippen molar-refractivity contribution in [2.75, 3.05) is 19.8 Å². The Hall–Kier alpha value is -3.57. The summed E-state index contributed by atoms with van der Waals surface area (Å²) in [6.45, 7) is 13.0. The molecule has 3 saturated heterocycles. The monoisotopic (exact) mass is 551 g/mol. The van der Waals surface area contributed by atoms with Crippen LogP contribution in [-0.2, 0) is 30.5 Å². The number of benzene rings is 1. The van der Waals surface area contributed by atoms with Gasteiger partial charge in [0.1, 0.15) is 36.4 Å². The lowest BCUT2D eigenvalue weighted by Gasteiger charge is -2.39. The van der Waals surface area contributed by atoms with E-state index in [4.69, 9.17) is 9.47 Å². The van der Waals surface area contributed by atoms with Crippen molar-refractivity contribution >= 4 is 28.8 Å². The van der Waals surface area contributed by atoms with Crippen LogP contribution in [0.5, 0.6) is 0 Å². The molecule has 5 rings (SSSR count). The smallest absolute Gasteiger partial charge is 0.313 e. The van der Waals surface area contributed by atoms with Crippen molar-refractivity contribution in [3.8, 4) is 0 Å². The molecular formula is C29H37N5O6. The first-order valence-corrected chi connectivity index (χ1v) is 13.8. The molecule has 2 amide bonds. The summed E-state index contributed by atoms with van der Waals surface area (Å²) in [7, 11) is 0. The molecule has 2 bridgehead atoms. The summed E-state index contributed by atoms with van der Waals surface area (Å²) >= 11 is 0. The van der Waals surface area contributed by atoms with Gasteiger partial charge in [-0.05, 0) is 37.8 Å². The van der Waals surface area contributed by atoms with Gasteiger partial charge in [0.2, 0.25) is 11.8 Å². The van der Waals surface area contributed by atoms with Gasteiger partial charge in [-0.1, -0.05) is 49.9 Å². The van der Waals surface area contributed by atoms with Gasteiger partial charge >= 0.3 is 5.97 Å². The molecule has 2 aromatic rings.